The van der Waals surface area contributed by atoms with E-state index >= 15 is 0 Å². The van der Waals surface area contributed by atoms with Crippen LogP contribution in [0.3, 0.4) is 0 Å². The summed E-state index contributed by atoms with van der Waals surface area (Å²) in [4.78, 5) is 24.9. The Kier molecular flexibility index (Phi) is 7.40. The molecule has 5 heteroatoms. The van der Waals surface area contributed by atoms with Gasteiger partial charge in [-0.25, -0.2) is 0 Å². The summed E-state index contributed by atoms with van der Waals surface area (Å²) >= 11 is 0. The summed E-state index contributed by atoms with van der Waals surface area (Å²) in [5.41, 5.74) is 4.09. The van der Waals surface area contributed by atoms with Crippen LogP contribution in [0.15, 0.2) is 72.8 Å². The van der Waals surface area contributed by atoms with Crippen molar-refractivity contribution in [3.05, 3.63) is 89.5 Å². The van der Waals surface area contributed by atoms with Crippen LogP contribution >= 0.6 is 0 Å². The highest BCUT2D eigenvalue weighted by Crippen LogP contribution is 2.33. The fraction of sp³-hybridized carbons (Fsp3) is 0.286. The lowest BCUT2D eigenvalue weighted by Gasteiger charge is -2.22. The molecule has 0 aromatic heterocycles. The molecule has 1 saturated carbocycles. The number of aryl methyl sites for hydroxylation is 1. The summed E-state index contributed by atoms with van der Waals surface area (Å²) in [6.07, 6.45) is 6.47. The Morgan fingerprint density at radius 1 is 0.848 bits per heavy atom. The third-order valence-electron chi connectivity index (χ3n) is 6.12. The molecule has 3 aromatic rings. The van der Waals surface area contributed by atoms with Gasteiger partial charge in [0.05, 0.1) is 0 Å². The number of nitrogens with one attached hydrogen (secondary N) is 2. The summed E-state index contributed by atoms with van der Waals surface area (Å²) < 4.78 is 5.67. The third-order valence-corrected chi connectivity index (χ3v) is 6.12. The lowest BCUT2D eigenvalue weighted by Crippen LogP contribution is -2.20. The molecule has 0 heterocycles. The highest BCUT2D eigenvalue weighted by atomic mass is 16.5. The average Bonchev–Trinajstić information content (AvgIpc) is 2.84. The third kappa shape index (κ3) is 6.22. The molecule has 3 aromatic carbocycles. The highest BCUT2D eigenvalue weighted by Gasteiger charge is 2.15. The molecule has 1 aliphatic rings. The minimum Gasteiger partial charge on any atom is -0.484 e. The van der Waals surface area contributed by atoms with Gasteiger partial charge in [0.2, 0.25) is 0 Å². The van der Waals surface area contributed by atoms with E-state index in [2.05, 4.69) is 22.8 Å². The molecule has 4 rings (SSSR count). The van der Waals surface area contributed by atoms with E-state index in [0.717, 1.165) is 5.56 Å². The van der Waals surface area contributed by atoms with Crippen molar-refractivity contribution in [2.75, 3.05) is 17.2 Å². The van der Waals surface area contributed by atoms with Crippen molar-refractivity contribution in [3.8, 4) is 5.75 Å². The Labute approximate surface area is 195 Å². The minimum atomic E-state index is -0.256. The molecule has 5 nitrogen and oxygen atoms in total. The lowest BCUT2D eigenvalue weighted by atomic mass is 9.84. The van der Waals surface area contributed by atoms with E-state index in [1.54, 1.807) is 30.3 Å². The fourth-order valence-electron chi connectivity index (χ4n) is 4.32. The van der Waals surface area contributed by atoms with E-state index in [4.69, 9.17) is 4.74 Å². The van der Waals surface area contributed by atoms with Crippen molar-refractivity contribution in [2.24, 2.45) is 0 Å². The Morgan fingerprint density at radius 2 is 1.55 bits per heavy atom. The molecule has 0 aliphatic heterocycles. The highest BCUT2D eigenvalue weighted by molar-refractivity contribution is 6.05. The van der Waals surface area contributed by atoms with Gasteiger partial charge in [-0.1, -0.05) is 55.7 Å². The summed E-state index contributed by atoms with van der Waals surface area (Å²) in [7, 11) is 0. The molecule has 0 spiro atoms. The van der Waals surface area contributed by atoms with Crippen LogP contribution in [-0.2, 0) is 4.79 Å². The zero-order valence-electron chi connectivity index (χ0n) is 19.0. The van der Waals surface area contributed by atoms with E-state index < -0.39 is 0 Å². The maximum Gasteiger partial charge on any atom is 0.262 e. The molecular formula is C28H30N2O3. The number of amides is 2. The SMILES string of the molecule is Cc1ccccc1C(=O)Nc1cccc(NC(=O)COc2ccc(C3CCCCC3)cc2)c1. The van der Waals surface area contributed by atoms with E-state index in [-0.39, 0.29) is 18.4 Å². The van der Waals surface area contributed by atoms with Gasteiger partial charge >= 0.3 is 0 Å². The van der Waals surface area contributed by atoms with Crippen molar-refractivity contribution in [1.82, 2.24) is 0 Å². The van der Waals surface area contributed by atoms with Gasteiger partial charge in [0.1, 0.15) is 5.75 Å². The number of anilines is 2. The normalized spacial score (nSPS) is 13.8. The second-order valence-electron chi connectivity index (χ2n) is 8.59. The zero-order valence-corrected chi connectivity index (χ0v) is 19.0. The Balaban J connectivity index is 1.29. The molecule has 33 heavy (non-hydrogen) atoms. The van der Waals surface area contributed by atoms with Crippen molar-refractivity contribution < 1.29 is 14.3 Å². The number of ether oxygens (including phenoxy) is 1. The fourth-order valence-corrected chi connectivity index (χ4v) is 4.32. The van der Waals surface area contributed by atoms with E-state index in [9.17, 15) is 9.59 Å². The van der Waals surface area contributed by atoms with Gasteiger partial charge in [-0.05, 0) is 73.2 Å². The predicted molar refractivity (Wildman–Crippen MR) is 132 cm³/mol. The van der Waals surface area contributed by atoms with E-state index in [0.29, 0.717) is 28.6 Å². The molecule has 0 saturated heterocycles. The molecular weight excluding hydrogens is 412 g/mol. The van der Waals surface area contributed by atoms with E-state index in [1.807, 2.05) is 37.3 Å². The molecule has 2 amide bonds. The van der Waals surface area contributed by atoms with Crippen LogP contribution in [0.25, 0.3) is 0 Å². The van der Waals surface area contributed by atoms with Crippen LogP contribution in [0.1, 0.15) is 59.5 Å². The van der Waals surface area contributed by atoms with Crippen LogP contribution in [0.5, 0.6) is 5.75 Å². The zero-order chi connectivity index (χ0) is 23.0. The standard InChI is InChI=1S/C28H30N2O3/c1-20-8-5-6-13-26(20)28(32)30-24-12-7-11-23(18-24)29-27(31)19-33-25-16-14-22(15-17-25)21-9-3-2-4-10-21/h5-8,11-18,21H,2-4,9-10,19H2,1H3,(H,29,31)(H,30,32). The van der Waals surface area contributed by atoms with Crippen LogP contribution < -0.4 is 15.4 Å². The largest absolute Gasteiger partial charge is 0.484 e. The first kappa shape index (κ1) is 22.6. The monoisotopic (exact) mass is 442 g/mol. The molecule has 0 unspecified atom stereocenters. The van der Waals surface area contributed by atoms with Crippen molar-refractivity contribution in [2.45, 2.75) is 44.9 Å². The van der Waals surface area contributed by atoms with Crippen LogP contribution in [-0.4, -0.2) is 18.4 Å². The smallest absolute Gasteiger partial charge is 0.262 e. The summed E-state index contributed by atoms with van der Waals surface area (Å²) in [5.74, 6) is 0.893. The van der Waals surface area contributed by atoms with Gasteiger partial charge in [0.25, 0.3) is 11.8 Å². The van der Waals surface area contributed by atoms with Gasteiger partial charge in [0, 0.05) is 16.9 Å². The van der Waals surface area contributed by atoms with Crippen LogP contribution in [0, 0.1) is 6.92 Å². The number of carbonyl (C=O) groups excluding carboxylic acids is 2. The van der Waals surface area contributed by atoms with Gasteiger partial charge < -0.3 is 15.4 Å². The Hall–Kier alpha value is -3.60. The quantitative estimate of drug-likeness (QED) is 0.450. The van der Waals surface area contributed by atoms with Crippen LogP contribution in [0.2, 0.25) is 0 Å². The van der Waals surface area contributed by atoms with Gasteiger partial charge in [-0.2, -0.15) is 0 Å². The number of carbonyl (C=O) groups is 2. The van der Waals surface area contributed by atoms with E-state index in [1.165, 1.54) is 37.7 Å². The number of benzene rings is 3. The second kappa shape index (κ2) is 10.8. The van der Waals surface area contributed by atoms with Gasteiger partial charge in [-0.3, -0.25) is 9.59 Å². The molecule has 2 N–H and O–H groups in total. The first-order valence-corrected chi connectivity index (χ1v) is 11.6. The Morgan fingerprint density at radius 3 is 2.27 bits per heavy atom. The van der Waals surface area contributed by atoms with Crippen molar-refractivity contribution in [1.29, 1.82) is 0 Å². The molecule has 0 bridgehead atoms. The predicted octanol–water partition coefficient (Wildman–Crippen LogP) is 6.31. The lowest BCUT2D eigenvalue weighted by molar-refractivity contribution is -0.118. The van der Waals surface area contributed by atoms with Crippen molar-refractivity contribution >= 4 is 23.2 Å². The maximum absolute atomic E-state index is 12.5. The number of hydrogen-bond donors (Lipinski definition) is 2. The minimum absolute atomic E-state index is 0.0808. The number of hydrogen-bond acceptors (Lipinski definition) is 3. The Bertz CT molecular complexity index is 1100. The summed E-state index contributed by atoms with van der Waals surface area (Å²) in [6.45, 7) is 1.82. The molecule has 1 fully saturated rings. The number of rotatable bonds is 7. The second-order valence-corrected chi connectivity index (χ2v) is 8.59. The van der Waals surface area contributed by atoms with Gasteiger partial charge in [-0.15, -0.1) is 0 Å². The first-order chi connectivity index (χ1) is 16.1. The topological polar surface area (TPSA) is 67.4 Å². The summed E-state index contributed by atoms with van der Waals surface area (Å²) in [5, 5.41) is 5.71. The molecule has 170 valence electrons. The molecule has 0 radical (unpaired) electrons. The first-order valence-electron chi connectivity index (χ1n) is 11.6. The maximum atomic E-state index is 12.5. The molecule has 0 atom stereocenters. The summed E-state index contributed by atoms with van der Waals surface area (Å²) in [6, 6.07) is 22.6. The molecule has 1 aliphatic carbocycles. The van der Waals surface area contributed by atoms with Crippen LogP contribution in [0.4, 0.5) is 11.4 Å². The van der Waals surface area contributed by atoms with Gasteiger partial charge in [0.15, 0.2) is 6.61 Å². The van der Waals surface area contributed by atoms with Crippen molar-refractivity contribution in [3.63, 3.8) is 0 Å². The average molecular weight is 443 g/mol.